The summed E-state index contributed by atoms with van der Waals surface area (Å²) in [6, 6.07) is 16.9. The number of carbonyl (C=O) groups is 1. The van der Waals surface area contributed by atoms with Gasteiger partial charge in [-0.2, -0.15) is 0 Å². The number of thiazole rings is 1. The minimum atomic E-state index is -1.31. The molecule has 2 aromatic carbocycles. The molecule has 0 saturated heterocycles. The van der Waals surface area contributed by atoms with Crippen molar-refractivity contribution in [1.82, 2.24) is 10.3 Å². The maximum absolute atomic E-state index is 12.4. The van der Waals surface area contributed by atoms with Crippen molar-refractivity contribution in [1.29, 1.82) is 0 Å². The van der Waals surface area contributed by atoms with E-state index in [1.54, 1.807) is 13.0 Å². The van der Waals surface area contributed by atoms with E-state index in [-0.39, 0.29) is 12.5 Å². The molecule has 126 valence electrons. The molecule has 0 aliphatic rings. The van der Waals surface area contributed by atoms with Gasteiger partial charge in [-0.15, -0.1) is 11.3 Å². The van der Waals surface area contributed by atoms with Gasteiger partial charge in [0.25, 0.3) is 5.91 Å². The Kier molecular flexibility index (Phi) is 3.78. The third-order valence-electron chi connectivity index (χ3n) is 4.04. The molecular formula is C19H16N2O3S. The molecule has 4 aromatic rings. The standard InChI is InChI=1S/C19H16N2O3S/c1-19(23,16-10-12-6-2-4-8-14(12)24-16)11-20-17(22)18-21-13-7-3-5-9-15(13)25-18/h2-10,23H,11H2,1H3,(H,20,22)/t19-/m0/s1. The first-order valence-corrected chi connectivity index (χ1v) is 8.70. The second kappa shape index (κ2) is 5.98. The fraction of sp³-hybridized carbons (Fsp3) is 0.158. The van der Waals surface area contributed by atoms with Crippen molar-refractivity contribution in [2.45, 2.75) is 12.5 Å². The highest BCUT2D eigenvalue weighted by atomic mass is 32.1. The van der Waals surface area contributed by atoms with Gasteiger partial charge in [0, 0.05) is 5.39 Å². The minimum Gasteiger partial charge on any atom is -0.458 e. The van der Waals surface area contributed by atoms with E-state index in [1.807, 2.05) is 48.5 Å². The Morgan fingerprint density at radius 1 is 1.24 bits per heavy atom. The molecule has 0 aliphatic heterocycles. The van der Waals surface area contributed by atoms with Gasteiger partial charge in [-0.3, -0.25) is 4.79 Å². The van der Waals surface area contributed by atoms with Gasteiger partial charge < -0.3 is 14.8 Å². The molecule has 0 aliphatic carbocycles. The summed E-state index contributed by atoms with van der Waals surface area (Å²) in [5.74, 6) is 0.107. The number of carbonyl (C=O) groups excluding carboxylic acids is 1. The molecule has 0 radical (unpaired) electrons. The summed E-state index contributed by atoms with van der Waals surface area (Å²) < 4.78 is 6.66. The van der Waals surface area contributed by atoms with Crippen molar-refractivity contribution in [2.24, 2.45) is 0 Å². The molecule has 1 atom stereocenters. The van der Waals surface area contributed by atoms with Crippen molar-refractivity contribution in [3.8, 4) is 0 Å². The number of amides is 1. The number of hydrogen-bond donors (Lipinski definition) is 2. The van der Waals surface area contributed by atoms with Gasteiger partial charge in [-0.05, 0) is 31.2 Å². The molecule has 5 nitrogen and oxygen atoms in total. The molecule has 0 saturated carbocycles. The van der Waals surface area contributed by atoms with E-state index in [2.05, 4.69) is 10.3 Å². The topological polar surface area (TPSA) is 75.4 Å². The van der Waals surface area contributed by atoms with Crippen LogP contribution in [0.3, 0.4) is 0 Å². The number of fused-ring (bicyclic) bond motifs is 2. The van der Waals surface area contributed by atoms with Crippen LogP contribution < -0.4 is 5.32 Å². The normalized spacial score (nSPS) is 13.8. The van der Waals surface area contributed by atoms with Crippen LogP contribution in [-0.4, -0.2) is 22.5 Å². The molecule has 0 unspecified atom stereocenters. The van der Waals surface area contributed by atoms with Gasteiger partial charge in [0.2, 0.25) is 0 Å². The Morgan fingerprint density at radius 3 is 2.80 bits per heavy atom. The Morgan fingerprint density at radius 2 is 2.00 bits per heavy atom. The van der Waals surface area contributed by atoms with E-state index >= 15 is 0 Å². The van der Waals surface area contributed by atoms with Gasteiger partial charge in [0.1, 0.15) is 16.9 Å². The van der Waals surface area contributed by atoms with Crippen LogP contribution in [0, 0.1) is 0 Å². The second-order valence-corrected chi connectivity index (χ2v) is 7.12. The van der Waals surface area contributed by atoms with E-state index in [0.29, 0.717) is 16.4 Å². The number of rotatable bonds is 4. The quantitative estimate of drug-likeness (QED) is 0.587. The first-order valence-electron chi connectivity index (χ1n) is 7.88. The molecule has 2 aromatic heterocycles. The van der Waals surface area contributed by atoms with E-state index < -0.39 is 5.60 Å². The summed E-state index contributed by atoms with van der Waals surface area (Å²) in [6.45, 7) is 1.64. The van der Waals surface area contributed by atoms with Crippen molar-refractivity contribution in [2.75, 3.05) is 6.54 Å². The zero-order valence-electron chi connectivity index (χ0n) is 13.5. The van der Waals surface area contributed by atoms with Crippen molar-refractivity contribution in [3.63, 3.8) is 0 Å². The summed E-state index contributed by atoms with van der Waals surface area (Å²) in [6.07, 6.45) is 0. The largest absolute Gasteiger partial charge is 0.458 e. The predicted molar refractivity (Wildman–Crippen MR) is 97.7 cm³/mol. The highest BCUT2D eigenvalue weighted by Gasteiger charge is 2.28. The molecule has 0 bridgehead atoms. The number of benzene rings is 2. The maximum atomic E-state index is 12.4. The first kappa shape index (κ1) is 15.8. The van der Waals surface area contributed by atoms with Gasteiger partial charge in [0.05, 0.1) is 16.8 Å². The van der Waals surface area contributed by atoms with Gasteiger partial charge in [-0.25, -0.2) is 4.98 Å². The van der Waals surface area contributed by atoms with Crippen LogP contribution in [0.25, 0.3) is 21.2 Å². The lowest BCUT2D eigenvalue weighted by Crippen LogP contribution is -2.38. The predicted octanol–water partition coefficient (Wildman–Crippen LogP) is 3.68. The lowest BCUT2D eigenvalue weighted by atomic mass is 10.0. The smallest absolute Gasteiger partial charge is 0.280 e. The lowest BCUT2D eigenvalue weighted by Gasteiger charge is -2.20. The fourth-order valence-electron chi connectivity index (χ4n) is 2.63. The number of nitrogens with zero attached hydrogens (tertiary/aromatic N) is 1. The Bertz CT molecular complexity index is 999. The number of hydrogen-bond acceptors (Lipinski definition) is 5. The van der Waals surface area contributed by atoms with Crippen LogP contribution in [0.2, 0.25) is 0 Å². The maximum Gasteiger partial charge on any atom is 0.280 e. The number of nitrogens with one attached hydrogen (secondary N) is 1. The van der Waals surface area contributed by atoms with Crippen LogP contribution in [0.5, 0.6) is 0 Å². The molecule has 0 fully saturated rings. The Hall–Kier alpha value is -2.70. The first-order chi connectivity index (χ1) is 12.0. The molecule has 6 heteroatoms. The summed E-state index contributed by atoms with van der Waals surface area (Å²) in [5.41, 5.74) is 0.183. The summed E-state index contributed by atoms with van der Waals surface area (Å²) in [7, 11) is 0. The SMILES string of the molecule is C[C@](O)(CNC(=O)c1nc2ccccc2s1)c1cc2ccccc2o1. The van der Waals surface area contributed by atoms with Gasteiger partial charge in [-0.1, -0.05) is 30.3 Å². The monoisotopic (exact) mass is 352 g/mol. The van der Waals surface area contributed by atoms with Crippen LogP contribution in [0.4, 0.5) is 0 Å². The molecule has 25 heavy (non-hydrogen) atoms. The van der Waals surface area contributed by atoms with E-state index in [9.17, 15) is 9.90 Å². The molecule has 0 spiro atoms. The molecule has 4 rings (SSSR count). The highest BCUT2D eigenvalue weighted by Crippen LogP contribution is 2.28. The van der Waals surface area contributed by atoms with Crippen LogP contribution in [-0.2, 0) is 5.60 Å². The van der Waals surface area contributed by atoms with Crippen molar-refractivity contribution < 1.29 is 14.3 Å². The van der Waals surface area contributed by atoms with Gasteiger partial charge >= 0.3 is 0 Å². The average Bonchev–Trinajstić information content (AvgIpc) is 3.23. The Balaban J connectivity index is 1.51. The zero-order chi connectivity index (χ0) is 17.4. The summed E-state index contributed by atoms with van der Waals surface area (Å²) in [4.78, 5) is 16.7. The fourth-order valence-corrected chi connectivity index (χ4v) is 3.51. The molecule has 1 amide bonds. The van der Waals surface area contributed by atoms with Crippen molar-refractivity contribution >= 4 is 38.4 Å². The zero-order valence-corrected chi connectivity index (χ0v) is 14.3. The van der Waals surface area contributed by atoms with Gasteiger partial charge in [0.15, 0.2) is 5.01 Å². The van der Waals surface area contributed by atoms with E-state index in [1.165, 1.54) is 11.3 Å². The number of para-hydroxylation sites is 2. The van der Waals surface area contributed by atoms with Crippen LogP contribution >= 0.6 is 11.3 Å². The third kappa shape index (κ3) is 3.01. The third-order valence-corrected chi connectivity index (χ3v) is 5.07. The lowest BCUT2D eigenvalue weighted by molar-refractivity contribution is 0.0344. The second-order valence-electron chi connectivity index (χ2n) is 6.09. The van der Waals surface area contributed by atoms with Crippen LogP contribution in [0.15, 0.2) is 59.0 Å². The summed E-state index contributed by atoms with van der Waals surface area (Å²) in [5, 5.41) is 14.7. The number of furan rings is 1. The summed E-state index contributed by atoms with van der Waals surface area (Å²) >= 11 is 1.33. The molecule has 2 heterocycles. The van der Waals surface area contributed by atoms with Crippen LogP contribution in [0.1, 0.15) is 22.5 Å². The Labute approximate surface area is 147 Å². The number of aliphatic hydroxyl groups is 1. The highest BCUT2D eigenvalue weighted by molar-refractivity contribution is 7.20. The van der Waals surface area contributed by atoms with E-state index in [4.69, 9.17) is 4.42 Å². The van der Waals surface area contributed by atoms with Crippen molar-refractivity contribution in [3.05, 3.63) is 65.4 Å². The minimum absolute atomic E-state index is 0.0293. The van der Waals surface area contributed by atoms with E-state index in [0.717, 1.165) is 15.6 Å². The average molecular weight is 352 g/mol. The molecule has 2 N–H and O–H groups in total. The molecular weight excluding hydrogens is 336 g/mol. The number of aromatic nitrogens is 1.